The lowest BCUT2D eigenvalue weighted by Crippen LogP contribution is -2.36. The second kappa shape index (κ2) is 12.4. The number of β-amino-alcohol motifs (C(OH)–C–C–N with tert-alkyl or cyclic N) is 1. The Balaban J connectivity index is 0.00000304. The number of carbonyl (C=O) groups excluding carboxylic acids is 1. The maximum absolute atomic E-state index is 12.7. The highest BCUT2D eigenvalue weighted by molar-refractivity contribution is 7.59. The van der Waals surface area contributed by atoms with Crippen LogP contribution in [0.25, 0.3) is 0 Å². The van der Waals surface area contributed by atoms with E-state index in [0.29, 0.717) is 37.1 Å². The molecule has 2 aromatic heterocycles. The summed E-state index contributed by atoms with van der Waals surface area (Å²) >= 11 is 0. The zero-order chi connectivity index (χ0) is 24.0. The van der Waals surface area contributed by atoms with Gasteiger partial charge in [0.1, 0.15) is 18.1 Å². The number of aliphatic hydroxyl groups is 1. The molecule has 0 unspecified atom stereocenters. The van der Waals surface area contributed by atoms with Crippen LogP contribution in [-0.4, -0.2) is 51.0 Å². The maximum atomic E-state index is 12.7. The molecule has 1 fully saturated rings. The molecule has 1 aliphatic carbocycles. The van der Waals surface area contributed by atoms with Crippen molar-refractivity contribution in [3.05, 3.63) is 71.7 Å². The number of fused-ring (bicyclic) bond motifs is 1. The van der Waals surface area contributed by atoms with Crippen LogP contribution < -0.4 is 10.1 Å². The lowest BCUT2D eigenvalue weighted by atomic mass is 9.93. The smallest absolute Gasteiger partial charge is 0.181 e. The number of hydrogen-bond acceptors (Lipinski definition) is 8. The van der Waals surface area contributed by atoms with Crippen molar-refractivity contribution in [2.75, 3.05) is 18.4 Å². The van der Waals surface area contributed by atoms with E-state index in [1.54, 1.807) is 12.4 Å². The van der Waals surface area contributed by atoms with E-state index in [9.17, 15) is 9.90 Å². The van der Waals surface area contributed by atoms with E-state index in [1.807, 2.05) is 18.2 Å². The van der Waals surface area contributed by atoms with E-state index in [4.69, 9.17) is 9.15 Å². The van der Waals surface area contributed by atoms with Gasteiger partial charge in [0.25, 0.3) is 0 Å². The third-order valence-electron chi connectivity index (χ3n) is 6.83. The molecule has 1 aromatic carbocycles. The summed E-state index contributed by atoms with van der Waals surface area (Å²) in [6, 6.07) is 10.4. The van der Waals surface area contributed by atoms with Crippen LogP contribution in [0, 0.1) is 0 Å². The number of Topliss-reactive ketones (excluding diaryl/α,β-unsaturated/α-hetero) is 1. The Morgan fingerprint density at radius 2 is 2.14 bits per heavy atom. The molecule has 1 aliphatic heterocycles. The van der Waals surface area contributed by atoms with Crippen molar-refractivity contribution in [3.63, 3.8) is 0 Å². The quantitative estimate of drug-likeness (QED) is 0.372. The average Bonchev–Trinajstić information content (AvgIpc) is 3.37. The summed E-state index contributed by atoms with van der Waals surface area (Å²) < 4.78 is 11.0. The average molecular weight is 511 g/mol. The van der Waals surface area contributed by atoms with E-state index < -0.39 is 6.10 Å². The SMILES string of the molecule is O=C(CC[C@H](O)CN1CCc2cc(OCc3cnco3)ccc2C1)c1cc(NC2CCC2)ccn1.S. The van der Waals surface area contributed by atoms with Gasteiger partial charge in [0.05, 0.1) is 12.3 Å². The Hall–Kier alpha value is -2.88. The molecule has 192 valence electrons. The number of rotatable bonds is 11. The van der Waals surface area contributed by atoms with Gasteiger partial charge in [-0.15, -0.1) is 0 Å². The second-order valence-electron chi connectivity index (χ2n) is 9.49. The highest BCUT2D eigenvalue weighted by atomic mass is 32.1. The third-order valence-corrected chi connectivity index (χ3v) is 6.83. The summed E-state index contributed by atoms with van der Waals surface area (Å²) in [6.45, 7) is 2.54. The summed E-state index contributed by atoms with van der Waals surface area (Å²) in [7, 11) is 0. The zero-order valence-corrected chi connectivity index (χ0v) is 21.4. The normalized spacial score (nSPS) is 16.4. The number of hydrogen-bond donors (Lipinski definition) is 2. The summed E-state index contributed by atoms with van der Waals surface area (Å²) in [5.74, 6) is 1.48. The first kappa shape index (κ1) is 26.2. The predicted molar refractivity (Wildman–Crippen MR) is 142 cm³/mol. The number of oxazole rings is 1. The molecule has 8 nitrogen and oxygen atoms in total. The Labute approximate surface area is 218 Å². The van der Waals surface area contributed by atoms with Crippen LogP contribution in [-0.2, 0) is 19.6 Å². The molecule has 0 bridgehead atoms. The van der Waals surface area contributed by atoms with Crippen molar-refractivity contribution in [2.45, 2.75) is 63.8 Å². The molecule has 1 saturated carbocycles. The third kappa shape index (κ3) is 6.87. The Morgan fingerprint density at radius 3 is 2.92 bits per heavy atom. The van der Waals surface area contributed by atoms with Crippen LogP contribution in [0.5, 0.6) is 5.75 Å². The molecule has 1 atom stereocenters. The van der Waals surface area contributed by atoms with Crippen LogP contribution in [0.15, 0.2) is 53.5 Å². The molecule has 2 N–H and O–H groups in total. The first-order chi connectivity index (χ1) is 17.1. The first-order valence-electron chi connectivity index (χ1n) is 12.4. The molecule has 0 radical (unpaired) electrons. The first-order valence-corrected chi connectivity index (χ1v) is 12.4. The molecule has 3 aromatic rings. The maximum Gasteiger partial charge on any atom is 0.181 e. The highest BCUT2D eigenvalue weighted by Crippen LogP contribution is 2.25. The Morgan fingerprint density at radius 1 is 1.25 bits per heavy atom. The molecule has 0 amide bonds. The molecule has 2 aliphatic rings. The van der Waals surface area contributed by atoms with Gasteiger partial charge in [0, 0.05) is 44.0 Å². The van der Waals surface area contributed by atoms with Crippen molar-refractivity contribution >= 4 is 25.0 Å². The molecular weight excluding hydrogens is 476 g/mol. The van der Waals surface area contributed by atoms with Crippen LogP contribution in [0.3, 0.4) is 0 Å². The van der Waals surface area contributed by atoms with E-state index in [2.05, 4.69) is 32.3 Å². The fourth-order valence-corrected chi connectivity index (χ4v) is 4.58. The summed E-state index contributed by atoms with van der Waals surface area (Å²) in [6.07, 6.45) is 9.40. The highest BCUT2D eigenvalue weighted by Gasteiger charge is 2.21. The van der Waals surface area contributed by atoms with E-state index >= 15 is 0 Å². The molecule has 0 spiro atoms. The van der Waals surface area contributed by atoms with Crippen LogP contribution >= 0.6 is 13.5 Å². The number of nitrogens with zero attached hydrogens (tertiary/aromatic N) is 3. The number of carbonyl (C=O) groups is 1. The number of anilines is 1. The number of aliphatic hydroxyl groups excluding tert-OH is 1. The van der Waals surface area contributed by atoms with Crippen LogP contribution in [0.1, 0.15) is 59.5 Å². The van der Waals surface area contributed by atoms with E-state index in [-0.39, 0.29) is 25.7 Å². The van der Waals surface area contributed by atoms with Crippen LogP contribution in [0.2, 0.25) is 0 Å². The Bertz CT molecular complexity index is 1140. The summed E-state index contributed by atoms with van der Waals surface area (Å²) in [5, 5.41) is 14.1. The molecular formula is C27H34N4O4S. The lowest BCUT2D eigenvalue weighted by Gasteiger charge is -2.30. The van der Waals surface area contributed by atoms with Gasteiger partial charge in [-0.25, -0.2) is 4.98 Å². The standard InChI is InChI=1S/C27H32N4O4.H2S/c32-23(5-7-27(33)26-13-22(8-10-29-26)30-21-2-1-3-21)16-31-11-9-19-12-24(6-4-20(19)15-31)34-17-25-14-28-18-35-25;/h4,6,8,10,12-14,18,21,23,32H,1-3,5,7,9,11,15-17H2,(H,29,30);1H2/t23-;/m0./s1. The van der Waals surface area contributed by atoms with Gasteiger partial charge in [-0.1, -0.05) is 6.07 Å². The second-order valence-corrected chi connectivity index (χ2v) is 9.49. The number of nitrogens with one attached hydrogen (secondary N) is 1. The van der Waals surface area contributed by atoms with Crippen molar-refractivity contribution in [1.82, 2.24) is 14.9 Å². The number of benzene rings is 1. The molecule has 5 rings (SSSR count). The van der Waals surface area contributed by atoms with Crippen molar-refractivity contribution < 1.29 is 19.1 Å². The van der Waals surface area contributed by atoms with Gasteiger partial charge in [0.15, 0.2) is 17.9 Å². The van der Waals surface area contributed by atoms with Gasteiger partial charge in [0.2, 0.25) is 0 Å². The summed E-state index contributed by atoms with van der Waals surface area (Å²) in [4.78, 5) is 23.0. The molecule has 36 heavy (non-hydrogen) atoms. The lowest BCUT2D eigenvalue weighted by molar-refractivity contribution is 0.0833. The monoisotopic (exact) mass is 510 g/mol. The van der Waals surface area contributed by atoms with Gasteiger partial charge < -0.3 is 19.6 Å². The largest absolute Gasteiger partial charge is 0.486 e. The fraction of sp³-hybridized carbons (Fsp3) is 0.444. The minimum absolute atomic E-state index is 0. The van der Waals surface area contributed by atoms with Crippen LogP contribution in [0.4, 0.5) is 5.69 Å². The van der Waals surface area contributed by atoms with E-state index in [1.165, 1.54) is 36.8 Å². The molecule has 9 heteroatoms. The van der Waals surface area contributed by atoms with E-state index in [0.717, 1.165) is 30.9 Å². The number of ketones is 1. The topological polar surface area (TPSA) is 101 Å². The number of ether oxygens (including phenoxy) is 1. The van der Waals surface area contributed by atoms with Gasteiger partial charge >= 0.3 is 0 Å². The number of pyridine rings is 1. The van der Waals surface area contributed by atoms with Gasteiger partial charge in [-0.3, -0.25) is 14.7 Å². The Kier molecular flexibility index (Phi) is 9.01. The zero-order valence-electron chi connectivity index (χ0n) is 20.4. The fourth-order valence-electron chi connectivity index (χ4n) is 4.58. The predicted octanol–water partition coefficient (Wildman–Crippen LogP) is 4.11. The van der Waals surface area contributed by atoms with Gasteiger partial charge in [-0.05, 0) is 67.5 Å². The minimum atomic E-state index is -0.554. The van der Waals surface area contributed by atoms with Crippen molar-refractivity contribution in [2.24, 2.45) is 0 Å². The number of aromatic nitrogens is 2. The molecule has 3 heterocycles. The minimum Gasteiger partial charge on any atom is -0.486 e. The summed E-state index contributed by atoms with van der Waals surface area (Å²) in [5.41, 5.74) is 3.93. The van der Waals surface area contributed by atoms with Crippen molar-refractivity contribution in [3.8, 4) is 5.75 Å². The van der Waals surface area contributed by atoms with Crippen molar-refractivity contribution in [1.29, 1.82) is 0 Å². The van der Waals surface area contributed by atoms with Gasteiger partial charge in [-0.2, -0.15) is 13.5 Å². The molecule has 0 saturated heterocycles.